The third-order valence-electron chi connectivity index (χ3n) is 3.86. The Morgan fingerprint density at radius 1 is 1.10 bits per heavy atom. The summed E-state index contributed by atoms with van der Waals surface area (Å²) in [6.45, 7) is -0.140. The normalized spacial score (nSPS) is 12.7. The van der Waals surface area contributed by atoms with Crippen LogP contribution in [0.3, 0.4) is 0 Å². The Balaban J connectivity index is 2.14. The van der Waals surface area contributed by atoms with Crippen LogP contribution >= 0.6 is 31.4 Å². The summed E-state index contributed by atoms with van der Waals surface area (Å²) in [7, 11) is 0. The molecule has 0 aliphatic rings. The molecule has 1 aromatic carbocycles. The third-order valence-corrected chi connectivity index (χ3v) is 7.35. The van der Waals surface area contributed by atoms with Crippen LogP contribution in [0.15, 0.2) is 30.5 Å². The quantitative estimate of drug-likeness (QED) is 0.295. The molecule has 1 amide bonds. The zero-order chi connectivity index (χ0) is 22.0. The monoisotopic (exact) mass is 552 g/mol. The molecule has 0 fully saturated rings. The number of nitrogens with zero attached hydrogens (tertiary/aromatic N) is 1. The summed E-state index contributed by atoms with van der Waals surface area (Å²) in [5, 5.41) is 2.12. The number of carbonyl (C=O) groups is 1. The van der Waals surface area contributed by atoms with Gasteiger partial charge in [-0.2, -0.15) is 13.2 Å². The first-order chi connectivity index (χ1) is 13.3. The van der Waals surface area contributed by atoms with Crippen LogP contribution in [0.2, 0.25) is 5.02 Å². The first kappa shape index (κ1) is 23.7. The number of alkyl halides is 8. The van der Waals surface area contributed by atoms with E-state index in [2.05, 4.69) is 10.3 Å². The van der Waals surface area contributed by atoms with Crippen molar-refractivity contribution in [2.24, 2.45) is 0 Å². The van der Waals surface area contributed by atoms with Crippen molar-refractivity contribution < 1.29 is 31.1 Å². The Morgan fingerprint density at radius 3 is 2.28 bits per heavy atom. The van der Waals surface area contributed by atoms with Gasteiger partial charge in [0, 0.05) is 0 Å². The topological polar surface area (TPSA) is 42.0 Å². The number of hydrogen-bond donors (Lipinski definition) is 1. The van der Waals surface area contributed by atoms with Crippen molar-refractivity contribution in [3.05, 3.63) is 61.4 Å². The Kier molecular flexibility index (Phi) is 7.42. The van der Waals surface area contributed by atoms with Gasteiger partial charge in [-0.3, -0.25) is 0 Å². The van der Waals surface area contributed by atoms with Crippen molar-refractivity contribution in [3.63, 3.8) is 0 Å². The average Bonchev–Trinajstić information content (AvgIpc) is 2.60. The molecule has 0 radical (unpaired) electrons. The van der Waals surface area contributed by atoms with Crippen molar-refractivity contribution >= 4 is 37.3 Å². The molecule has 160 valence electrons. The SMILES string of the molecule is CI(C)c1ccc(C(F)(F)F)c(C(=O)NCCc2ncc(C(F)(F)F)cc2Cl)c1. The van der Waals surface area contributed by atoms with Gasteiger partial charge in [-0.1, -0.05) is 0 Å². The summed E-state index contributed by atoms with van der Waals surface area (Å²) in [5.74, 6) is -0.917. The van der Waals surface area contributed by atoms with E-state index in [1.807, 2.05) is 9.86 Å². The van der Waals surface area contributed by atoms with E-state index in [4.69, 9.17) is 11.6 Å². The summed E-state index contributed by atoms with van der Waals surface area (Å²) in [4.78, 5) is 19.9. The number of carbonyl (C=O) groups excluding carboxylic acids is 1. The van der Waals surface area contributed by atoms with Crippen molar-refractivity contribution in [2.75, 3.05) is 16.4 Å². The zero-order valence-electron chi connectivity index (χ0n) is 15.2. The number of aromatic nitrogens is 1. The molecule has 0 atom stereocenters. The van der Waals surface area contributed by atoms with E-state index in [0.29, 0.717) is 12.3 Å². The molecule has 0 aliphatic carbocycles. The molecule has 1 heterocycles. The molecule has 0 saturated heterocycles. The molecular formula is C18H16ClF6IN2O. The fourth-order valence-electron chi connectivity index (χ4n) is 2.38. The van der Waals surface area contributed by atoms with Crippen molar-refractivity contribution in [1.29, 1.82) is 0 Å². The first-order valence-corrected chi connectivity index (χ1v) is 13.8. The molecule has 1 aromatic heterocycles. The number of halogens is 8. The van der Waals surface area contributed by atoms with Crippen LogP contribution in [-0.4, -0.2) is 27.3 Å². The summed E-state index contributed by atoms with van der Waals surface area (Å²) < 4.78 is 78.3. The van der Waals surface area contributed by atoms with Gasteiger partial charge in [0.2, 0.25) is 0 Å². The van der Waals surface area contributed by atoms with Crippen LogP contribution in [-0.2, 0) is 18.8 Å². The summed E-state index contributed by atoms with van der Waals surface area (Å²) in [6.07, 6.45) is -8.71. The van der Waals surface area contributed by atoms with E-state index in [9.17, 15) is 31.1 Å². The van der Waals surface area contributed by atoms with Gasteiger partial charge in [0.1, 0.15) is 0 Å². The van der Waals surface area contributed by atoms with Crippen molar-refractivity contribution in [1.82, 2.24) is 10.3 Å². The Bertz CT molecular complexity index is 899. The van der Waals surface area contributed by atoms with Gasteiger partial charge in [-0.05, 0) is 0 Å². The van der Waals surface area contributed by atoms with Gasteiger partial charge in [-0.25, -0.2) is 0 Å². The molecule has 0 spiro atoms. The molecule has 0 aliphatic heterocycles. The molecular weight excluding hydrogens is 537 g/mol. The number of hydrogen-bond acceptors (Lipinski definition) is 2. The Labute approximate surface area is 175 Å². The van der Waals surface area contributed by atoms with Gasteiger partial charge in [0.05, 0.1) is 0 Å². The van der Waals surface area contributed by atoms with E-state index in [0.717, 1.165) is 9.64 Å². The summed E-state index contributed by atoms with van der Waals surface area (Å²) in [6, 6.07) is 4.25. The fraction of sp³-hybridized carbons (Fsp3) is 0.333. The van der Waals surface area contributed by atoms with Gasteiger partial charge in [-0.15, -0.1) is 0 Å². The first-order valence-electron chi connectivity index (χ1n) is 8.01. The second-order valence-corrected chi connectivity index (χ2v) is 12.1. The standard InChI is InChI=1S/C18H16ClF6IN2O/c1-26(2)11-3-4-13(18(23,24)25)12(8-11)16(29)27-6-5-15-14(19)7-10(9-28-15)17(20,21)22/h3-4,7-9H,5-6H2,1-2H3,(H,27,29). The Morgan fingerprint density at radius 2 is 1.76 bits per heavy atom. The van der Waals surface area contributed by atoms with Gasteiger partial charge >= 0.3 is 162 Å². The van der Waals surface area contributed by atoms with E-state index in [1.165, 1.54) is 12.1 Å². The predicted molar refractivity (Wildman–Crippen MR) is 106 cm³/mol. The molecule has 11 heteroatoms. The second kappa shape index (κ2) is 9.07. The number of rotatable bonds is 5. The van der Waals surface area contributed by atoms with E-state index < -0.39 is 54.8 Å². The molecule has 2 rings (SSSR count). The van der Waals surface area contributed by atoms with Crippen LogP contribution in [0.4, 0.5) is 26.3 Å². The molecule has 3 nitrogen and oxygen atoms in total. The molecule has 1 N–H and O–H groups in total. The van der Waals surface area contributed by atoms with E-state index in [1.54, 1.807) is 0 Å². The molecule has 2 aromatic rings. The molecule has 0 bridgehead atoms. The number of benzene rings is 1. The number of pyridine rings is 1. The summed E-state index contributed by atoms with van der Waals surface area (Å²) >= 11 is 4.17. The molecule has 0 saturated carbocycles. The minimum absolute atomic E-state index is 0.0379. The Hall–Kier alpha value is -1.56. The van der Waals surface area contributed by atoms with Gasteiger partial charge in [0.15, 0.2) is 0 Å². The molecule has 0 unspecified atom stereocenters. The third kappa shape index (κ3) is 6.21. The zero-order valence-corrected chi connectivity index (χ0v) is 18.1. The minimum atomic E-state index is -4.69. The van der Waals surface area contributed by atoms with Crippen LogP contribution in [0.5, 0.6) is 0 Å². The van der Waals surface area contributed by atoms with E-state index in [-0.39, 0.29) is 23.7 Å². The van der Waals surface area contributed by atoms with Crippen LogP contribution in [0.25, 0.3) is 0 Å². The van der Waals surface area contributed by atoms with Gasteiger partial charge in [0.25, 0.3) is 0 Å². The fourth-order valence-corrected chi connectivity index (χ4v) is 4.48. The van der Waals surface area contributed by atoms with Crippen LogP contribution in [0, 0.1) is 3.57 Å². The second-order valence-electron chi connectivity index (χ2n) is 6.10. The van der Waals surface area contributed by atoms with Crippen LogP contribution < -0.4 is 5.32 Å². The molecule has 29 heavy (non-hydrogen) atoms. The maximum absolute atomic E-state index is 13.2. The predicted octanol–water partition coefficient (Wildman–Crippen LogP) is 5.68. The van der Waals surface area contributed by atoms with Crippen molar-refractivity contribution in [3.8, 4) is 0 Å². The number of amides is 1. The average molecular weight is 553 g/mol. The van der Waals surface area contributed by atoms with E-state index >= 15 is 0 Å². The summed E-state index contributed by atoms with van der Waals surface area (Å²) in [5.41, 5.74) is -2.43. The number of nitrogens with one attached hydrogen (secondary N) is 1. The van der Waals surface area contributed by atoms with Crippen molar-refractivity contribution in [2.45, 2.75) is 18.8 Å². The van der Waals surface area contributed by atoms with Gasteiger partial charge < -0.3 is 0 Å². The van der Waals surface area contributed by atoms with Crippen LogP contribution in [0.1, 0.15) is 27.2 Å². The maximum atomic E-state index is 13.2.